The summed E-state index contributed by atoms with van der Waals surface area (Å²) in [5.74, 6) is -0.252. The lowest BCUT2D eigenvalue weighted by Gasteiger charge is -2.11. The summed E-state index contributed by atoms with van der Waals surface area (Å²) in [7, 11) is 0. The van der Waals surface area contributed by atoms with Crippen LogP contribution in [0.5, 0.6) is 0 Å². The Morgan fingerprint density at radius 3 is 2.43 bits per heavy atom. The van der Waals surface area contributed by atoms with Crippen molar-refractivity contribution in [3.8, 4) is 0 Å². The van der Waals surface area contributed by atoms with E-state index in [-0.39, 0.29) is 17.5 Å². The Morgan fingerprint density at radius 1 is 1.03 bits per heavy atom. The summed E-state index contributed by atoms with van der Waals surface area (Å²) in [5.41, 5.74) is 2.80. The number of furan rings is 1. The third-order valence-corrected chi connectivity index (χ3v) is 4.73. The van der Waals surface area contributed by atoms with Gasteiger partial charge in [-0.25, -0.2) is 0 Å². The highest BCUT2D eigenvalue weighted by Crippen LogP contribution is 2.11. The number of halogens is 1. The van der Waals surface area contributed by atoms with Crippen molar-refractivity contribution in [1.82, 2.24) is 10.6 Å². The second-order valence-corrected chi connectivity index (χ2v) is 7.32. The van der Waals surface area contributed by atoms with Crippen LogP contribution in [0.15, 0.2) is 77.0 Å². The minimum Gasteiger partial charge on any atom is -0.465 e. The molecule has 0 spiro atoms. The minimum atomic E-state index is -0.372. The number of hydrogen-bond donors (Lipinski definition) is 2. The van der Waals surface area contributed by atoms with E-state index < -0.39 is 0 Å². The number of nitrogens with one attached hydrogen (secondary N) is 2. The van der Waals surface area contributed by atoms with E-state index in [1.54, 1.807) is 24.3 Å². The van der Waals surface area contributed by atoms with Gasteiger partial charge in [-0.05, 0) is 61.7 Å². The van der Waals surface area contributed by atoms with Crippen molar-refractivity contribution < 1.29 is 14.0 Å². The van der Waals surface area contributed by atoms with E-state index in [0.29, 0.717) is 22.9 Å². The lowest BCUT2D eigenvalue weighted by atomic mass is 10.1. The third-order valence-electron chi connectivity index (χ3n) is 4.48. The van der Waals surface area contributed by atoms with Crippen LogP contribution < -0.4 is 10.6 Å². The summed E-state index contributed by atoms with van der Waals surface area (Å²) >= 11 is 5.90. The second-order valence-electron chi connectivity index (χ2n) is 6.88. The van der Waals surface area contributed by atoms with Crippen LogP contribution in [0.3, 0.4) is 0 Å². The molecule has 6 heteroatoms. The van der Waals surface area contributed by atoms with E-state index in [1.807, 2.05) is 43.3 Å². The van der Waals surface area contributed by atoms with E-state index in [1.165, 1.54) is 12.3 Å². The van der Waals surface area contributed by atoms with E-state index >= 15 is 0 Å². The summed E-state index contributed by atoms with van der Waals surface area (Å²) in [5, 5.41) is 6.24. The molecule has 2 N–H and O–H groups in total. The predicted molar refractivity (Wildman–Crippen MR) is 118 cm³/mol. The fourth-order valence-corrected chi connectivity index (χ4v) is 2.94. The number of rotatable bonds is 8. The Labute approximate surface area is 180 Å². The quantitative estimate of drug-likeness (QED) is 0.406. The average Bonchev–Trinajstić information content (AvgIpc) is 3.25. The molecule has 1 heterocycles. The monoisotopic (exact) mass is 422 g/mol. The molecule has 5 nitrogen and oxygen atoms in total. The fraction of sp³-hybridized carbons (Fsp3) is 0.167. The molecule has 0 unspecified atom stereocenters. The molecule has 0 saturated heterocycles. The zero-order valence-corrected chi connectivity index (χ0v) is 17.4. The molecule has 3 aromatic rings. The first-order valence-corrected chi connectivity index (χ1v) is 10.0. The molecule has 0 radical (unpaired) electrons. The van der Waals surface area contributed by atoms with Gasteiger partial charge in [0.05, 0.1) is 6.26 Å². The van der Waals surface area contributed by atoms with Crippen LogP contribution in [-0.2, 0) is 11.2 Å². The van der Waals surface area contributed by atoms with Crippen LogP contribution in [0.25, 0.3) is 6.08 Å². The first-order chi connectivity index (χ1) is 14.5. The van der Waals surface area contributed by atoms with Crippen molar-refractivity contribution in [1.29, 1.82) is 0 Å². The molecule has 0 saturated carbocycles. The summed E-state index contributed by atoms with van der Waals surface area (Å²) in [6.07, 6.45) is 4.59. The lowest BCUT2D eigenvalue weighted by Crippen LogP contribution is -2.35. The van der Waals surface area contributed by atoms with Crippen LogP contribution in [0.1, 0.15) is 33.7 Å². The van der Waals surface area contributed by atoms with Crippen LogP contribution in [0.4, 0.5) is 0 Å². The molecule has 0 aliphatic rings. The van der Waals surface area contributed by atoms with Crippen LogP contribution in [-0.4, -0.2) is 18.4 Å². The summed E-state index contributed by atoms with van der Waals surface area (Å²) in [6.45, 7) is 2.42. The van der Waals surface area contributed by atoms with Gasteiger partial charge >= 0.3 is 0 Å². The van der Waals surface area contributed by atoms with Gasteiger partial charge in [-0.2, -0.15) is 0 Å². The maximum Gasteiger partial charge on any atom is 0.267 e. The molecular weight excluding hydrogens is 400 g/mol. The van der Waals surface area contributed by atoms with E-state index in [9.17, 15) is 9.59 Å². The molecule has 0 fully saturated rings. The SMILES string of the molecule is Cc1ccc(C(=O)N/C(=C\c2ccco2)C(=O)NCCCc2ccc(Cl)cc2)cc1. The van der Waals surface area contributed by atoms with Gasteiger partial charge in [-0.15, -0.1) is 0 Å². The normalized spacial score (nSPS) is 11.2. The van der Waals surface area contributed by atoms with Crippen molar-refractivity contribution in [3.63, 3.8) is 0 Å². The highest BCUT2D eigenvalue weighted by molar-refractivity contribution is 6.30. The molecule has 30 heavy (non-hydrogen) atoms. The van der Waals surface area contributed by atoms with Crippen molar-refractivity contribution in [2.75, 3.05) is 6.54 Å². The molecule has 154 valence electrons. The predicted octanol–water partition coefficient (Wildman–Crippen LogP) is 4.76. The molecule has 0 atom stereocenters. The minimum absolute atomic E-state index is 0.127. The Morgan fingerprint density at radius 2 is 1.77 bits per heavy atom. The largest absolute Gasteiger partial charge is 0.465 e. The molecular formula is C24H23ClN2O3. The highest BCUT2D eigenvalue weighted by atomic mass is 35.5. The lowest BCUT2D eigenvalue weighted by molar-refractivity contribution is -0.117. The Bertz CT molecular complexity index is 1010. The highest BCUT2D eigenvalue weighted by Gasteiger charge is 2.15. The van der Waals surface area contributed by atoms with Crippen molar-refractivity contribution >= 4 is 29.5 Å². The van der Waals surface area contributed by atoms with Gasteiger partial charge in [0, 0.05) is 23.2 Å². The zero-order chi connectivity index (χ0) is 21.3. The average molecular weight is 423 g/mol. The number of carbonyl (C=O) groups excluding carboxylic acids is 2. The Hall–Kier alpha value is -3.31. The summed E-state index contributed by atoms with van der Waals surface area (Å²) in [4.78, 5) is 25.3. The van der Waals surface area contributed by atoms with Gasteiger partial charge in [0.1, 0.15) is 11.5 Å². The van der Waals surface area contributed by atoms with Gasteiger partial charge in [0.2, 0.25) is 0 Å². The van der Waals surface area contributed by atoms with Crippen molar-refractivity contribution in [3.05, 3.63) is 100 Å². The molecule has 3 rings (SSSR count). The second kappa shape index (κ2) is 10.5. The van der Waals surface area contributed by atoms with Gasteiger partial charge in [-0.3, -0.25) is 9.59 Å². The van der Waals surface area contributed by atoms with E-state index in [0.717, 1.165) is 24.0 Å². The molecule has 0 aliphatic heterocycles. The standard InChI is InChI=1S/C24H23ClN2O3/c1-17-6-10-19(11-7-17)23(28)27-22(16-21-5-3-15-30-21)24(29)26-14-2-4-18-8-12-20(25)13-9-18/h3,5-13,15-16H,2,4,14H2,1H3,(H,26,29)(H,27,28)/b22-16-. The molecule has 2 aromatic carbocycles. The molecule has 2 amide bonds. The van der Waals surface area contributed by atoms with Gasteiger partial charge in [0.25, 0.3) is 11.8 Å². The molecule has 1 aromatic heterocycles. The van der Waals surface area contributed by atoms with E-state index in [4.69, 9.17) is 16.0 Å². The van der Waals surface area contributed by atoms with Crippen molar-refractivity contribution in [2.45, 2.75) is 19.8 Å². The maximum atomic E-state index is 12.7. The van der Waals surface area contributed by atoms with Crippen molar-refractivity contribution in [2.24, 2.45) is 0 Å². The van der Waals surface area contributed by atoms with Crippen LogP contribution in [0.2, 0.25) is 5.02 Å². The number of amides is 2. The summed E-state index contributed by atoms with van der Waals surface area (Å²) < 4.78 is 5.29. The van der Waals surface area contributed by atoms with Gasteiger partial charge in [0.15, 0.2) is 0 Å². The fourth-order valence-electron chi connectivity index (χ4n) is 2.81. The molecule has 0 aliphatic carbocycles. The summed E-state index contributed by atoms with van der Waals surface area (Å²) in [6, 6.07) is 18.2. The molecule has 0 bridgehead atoms. The Kier molecular flexibility index (Phi) is 7.46. The third kappa shape index (κ3) is 6.36. The van der Waals surface area contributed by atoms with Crippen LogP contribution in [0, 0.1) is 6.92 Å². The Balaban J connectivity index is 1.61. The van der Waals surface area contributed by atoms with Crippen LogP contribution >= 0.6 is 11.6 Å². The maximum absolute atomic E-state index is 12.7. The number of carbonyl (C=O) groups is 2. The first kappa shape index (κ1) is 21.4. The van der Waals surface area contributed by atoms with Gasteiger partial charge in [-0.1, -0.05) is 41.4 Å². The first-order valence-electron chi connectivity index (χ1n) is 9.67. The topological polar surface area (TPSA) is 71.3 Å². The smallest absolute Gasteiger partial charge is 0.267 e. The van der Waals surface area contributed by atoms with E-state index in [2.05, 4.69) is 10.6 Å². The number of hydrogen-bond acceptors (Lipinski definition) is 3. The number of aryl methyl sites for hydroxylation is 2. The van der Waals surface area contributed by atoms with Gasteiger partial charge < -0.3 is 15.1 Å². The number of benzene rings is 2. The zero-order valence-electron chi connectivity index (χ0n) is 16.7.